The molecule has 0 fully saturated rings. The van der Waals surface area contributed by atoms with Crippen LogP contribution in [-0.4, -0.2) is 37.7 Å². The maximum Gasteiger partial charge on any atom is 0.280 e. The lowest BCUT2D eigenvalue weighted by molar-refractivity contribution is -0.118. The molecule has 4 rings (SSSR count). The SMILES string of the molecule is O=C1N=CC=CC1c1noc(-c2n[nH]nc2-c2ccccc2)n1. The Morgan fingerprint density at radius 1 is 1.09 bits per heavy atom. The lowest BCUT2D eigenvalue weighted by Crippen LogP contribution is -2.12. The molecule has 0 bridgehead atoms. The maximum atomic E-state index is 11.8. The number of amides is 1. The Kier molecular flexibility index (Phi) is 3.12. The molecule has 0 radical (unpaired) electrons. The third kappa shape index (κ3) is 2.35. The summed E-state index contributed by atoms with van der Waals surface area (Å²) in [7, 11) is 0. The van der Waals surface area contributed by atoms with Gasteiger partial charge in [-0.2, -0.15) is 20.4 Å². The topological polar surface area (TPSA) is 110 Å². The summed E-state index contributed by atoms with van der Waals surface area (Å²) in [5, 5.41) is 14.6. The van der Waals surface area contributed by atoms with Crippen LogP contribution in [0, 0.1) is 0 Å². The van der Waals surface area contributed by atoms with Gasteiger partial charge in [0.2, 0.25) is 0 Å². The first-order chi connectivity index (χ1) is 11.3. The summed E-state index contributed by atoms with van der Waals surface area (Å²) in [6, 6.07) is 9.52. The Bertz CT molecular complexity index is 909. The van der Waals surface area contributed by atoms with Crippen LogP contribution in [0.15, 0.2) is 52.0 Å². The number of rotatable bonds is 3. The van der Waals surface area contributed by atoms with Crippen molar-refractivity contribution in [2.45, 2.75) is 5.92 Å². The maximum absolute atomic E-state index is 11.8. The van der Waals surface area contributed by atoms with Crippen LogP contribution >= 0.6 is 0 Å². The summed E-state index contributed by atoms with van der Waals surface area (Å²) in [6.45, 7) is 0. The smallest absolute Gasteiger partial charge is 0.280 e. The van der Waals surface area contributed by atoms with Crippen LogP contribution in [0.25, 0.3) is 22.8 Å². The number of benzene rings is 1. The van der Waals surface area contributed by atoms with Crippen molar-refractivity contribution in [1.82, 2.24) is 25.6 Å². The second kappa shape index (κ2) is 5.41. The highest BCUT2D eigenvalue weighted by atomic mass is 16.5. The fourth-order valence-corrected chi connectivity index (χ4v) is 2.27. The van der Waals surface area contributed by atoms with E-state index in [0.29, 0.717) is 11.4 Å². The minimum atomic E-state index is -0.635. The number of nitrogens with zero attached hydrogens (tertiary/aromatic N) is 5. The second-order valence-electron chi connectivity index (χ2n) is 4.82. The molecule has 0 saturated heterocycles. The van der Waals surface area contributed by atoms with Crippen molar-refractivity contribution in [3.05, 3.63) is 48.3 Å². The van der Waals surface area contributed by atoms with Gasteiger partial charge in [-0.3, -0.25) is 4.79 Å². The fourth-order valence-electron chi connectivity index (χ4n) is 2.27. The van der Waals surface area contributed by atoms with Gasteiger partial charge in [0, 0.05) is 11.8 Å². The van der Waals surface area contributed by atoms with Crippen molar-refractivity contribution in [1.29, 1.82) is 0 Å². The van der Waals surface area contributed by atoms with Gasteiger partial charge in [0.1, 0.15) is 11.6 Å². The van der Waals surface area contributed by atoms with Crippen molar-refractivity contribution in [2.24, 2.45) is 4.99 Å². The quantitative estimate of drug-likeness (QED) is 0.789. The van der Waals surface area contributed by atoms with Crippen LogP contribution in [0.3, 0.4) is 0 Å². The Morgan fingerprint density at radius 2 is 1.91 bits per heavy atom. The van der Waals surface area contributed by atoms with E-state index < -0.39 is 5.92 Å². The van der Waals surface area contributed by atoms with E-state index in [1.807, 2.05) is 30.3 Å². The van der Waals surface area contributed by atoms with Crippen LogP contribution in [0.5, 0.6) is 0 Å². The van der Waals surface area contributed by atoms with Crippen molar-refractivity contribution in [2.75, 3.05) is 0 Å². The van der Waals surface area contributed by atoms with Crippen LogP contribution in [0.4, 0.5) is 0 Å². The lowest BCUT2D eigenvalue weighted by atomic mass is 10.1. The normalized spacial score (nSPS) is 16.9. The predicted molar refractivity (Wildman–Crippen MR) is 80.5 cm³/mol. The molecule has 8 nitrogen and oxygen atoms in total. The Hall–Kier alpha value is -3.42. The number of nitrogens with one attached hydrogen (secondary N) is 1. The van der Waals surface area contributed by atoms with E-state index in [1.54, 1.807) is 12.2 Å². The van der Waals surface area contributed by atoms with Gasteiger partial charge >= 0.3 is 0 Å². The Morgan fingerprint density at radius 3 is 2.74 bits per heavy atom. The molecule has 3 aromatic rings. The summed E-state index contributed by atoms with van der Waals surface area (Å²) in [5.74, 6) is -0.517. The molecule has 1 unspecified atom stereocenters. The van der Waals surface area contributed by atoms with Crippen LogP contribution < -0.4 is 0 Å². The number of aromatic nitrogens is 5. The monoisotopic (exact) mass is 306 g/mol. The van der Waals surface area contributed by atoms with E-state index in [-0.39, 0.29) is 17.6 Å². The molecule has 1 amide bonds. The first kappa shape index (κ1) is 13.3. The van der Waals surface area contributed by atoms with Gasteiger partial charge in [0.25, 0.3) is 11.8 Å². The van der Waals surface area contributed by atoms with Crippen LogP contribution in [-0.2, 0) is 4.79 Å². The van der Waals surface area contributed by atoms with Gasteiger partial charge in [0.15, 0.2) is 11.5 Å². The number of aliphatic imine (C=N–C) groups is 1. The summed E-state index contributed by atoms with van der Waals surface area (Å²) in [6.07, 6.45) is 4.78. The number of hydrogen-bond donors (Lipinski definition) is 1. The molecule has 3 heterocycles. The number of aromatic amines is 1. The molecule has 1 aliphatic heterocycles. The van der Waals surface area contributed by atoms with E-state index in [4.69, 9.17) is 4.52 Å². The zero-order chi connectivity index (χ0) is 15.6. The van der Waals surface area contributed by atoms with Crippen LogP contribution in [0.2, 0.25) is 0 Å². The molecule has 1 N–H and O–H groups in total. The highest BCUT2D eigenvalue weighted by molar-refractivity contribution is 5.97. The van der Waals surface area contributed by atoms with Gasteiger partial charge in [-0.05, 0) is 6.08 Å². The number of allylic oxidation sites excluding steroid dienone is 1. The standard InChI is InChI=1S/C15H10N6O2/c22-14-10(7-4-8-16-14)13-17-15(23-20-13)12-11(18-21-19-12)9-5-2-1-3-6-9/h1-8,10H,(H,18,19,21). The summed E-state index contributed by atoms with van der Waals surface area (Å²) >= 11 is 0. The van der Waals surface area contributed by atoms with Gasteiger partial charge in [-0.1, -0.05) is 41.6 Å². The minimum Gasteiger partial charge on any atom is -0.332 e. The van der Waals surface area contributed by atoms with E-state index in [2.05, 4.69) is 30.5 Å². The van der Waals surface area contributed by atoms with Crippen molar-refractivity contribution in [3.8, 4) is 22.8 Å². The van der Waals surface area contributed by atoms with Crippen molar-refractivity contribution in [3.63, 3.8) is 0 Å². The highest BCUT2D eigenvalue weighted by Gasteiger charge is 2.26. The number of dihydropyridines is 1. The van der Waals surface area contributed by atoms with E-state index in [0.717, 1.165) is 5.56 Å². The largest absolute Gasteiger partial charge is 0.332 e. The second-order valence-corrected chi connectivity index (χ2v) is 4.82. The summed E-state index contributed by atoms with van der Waals surface area (Å²) in [4.78, 5) is 19.8. The number of H-pyrrole nitrogens is 1. The van der Waals surface area contributed by atoms with E-state index >= 15 is 0 Å². The molecule has 23 heavy (non-hydrogen) atoms. The Labute approximate surface area is 130 Å². The minimum absolute atomic E-state index is 0.198. The molecule has 1 atom stereocenters. The molecule has 2 aromatic heterocycles. The average molecular weight is 306 g/mol. The average Bonchev–Trinajstić information content (AvgIpc) is 3.25. The first-order valence-corrected chi connectivity index (χ1v) is 6.88. The molecule has 0 aliphatic carbocycles. The molecule has 0 spiro atoms. The molecule has 1 aromatic carbocycles. The molecule has 1 aliphatic rings. The third-order valence-corrected chi connectivity index (χ3v) is 3.38. The summed E-state index contributed by atoms with van der Waals surface area (Å²) < 4.78 is 5.25. The van der Waals surface area contributed by atoms with Crippen molar-refractivity contribution < 1.29 is 9.32 Å². The predicted octanol–water partition coefficient (Wildman–Crippen LogP) is 1.77. The van der Waals surface area contributed by atoms with E-state index in [9.17, 15) is 4.79 Å². The number of hydrogen-bond acceptors (Lipinski definition) is 6. The van der Waals surface area contributed by atoms with E-state index in [1.165, 1.54) is 6.21 Å². The van der Waals surface area contributed by atoms with Gasteiger partial charge in [0.05, 0.1) is 0 Å². The molecule has 8 heteroatoms. The third-order valence-electron chi connectivity index (χ3n) is 3.38. The number of carbonyl (C=O) groups is 1. The molecule has 112 valence electrons. The highest BCUT2D eigenvalue weighted by Crippen LogP contribution is 2.28. The molecule has 0 saturated carbocycles. The zero-order valence-corrected chi connectivity index (χ0v) is 11.7. The molecular formula is C15H10N6O2. The van der Waals surface area contributed by atoms with Gasteiger partial charge in [-0.15, -0.1) is 0 Å². The zero-order valence-electron chi connectivity index (χ0n) is 11.7. The van der Waals surface area contributed by atoms with Gasteiger partial charge < -0.3 is 4.52 Å². The van der Waals surface area contributed by atoms with Gasteiger partial charge in [-0.25, -0.2) is 4.99 Å². The number of carbonyl (C=O) groups excluding carboxylic acids is 1. The molecular weight excluding hydrogens is 296 g/mol. The summed E-state index contributed by atoms with van der Waals surface area (Å²) in [5.41, 5.74) is 1.91. The fraction of sp³-hybridized carbons (Fsp3) is 0.0667. The lowest BCUT2D eigenvalue weighted by Gasteiger charge is -2.04. The first-order valence-electron chi connectivity index (χ1n) is 6.88. The van der Waals surface area contributed by atoms with Crippen LogP contribution in [0.1, 0.15) is 11.7 Å². The Balaban J connectivity index is 1.71. The van der Waals surface area contributed by atoms with Crippen molar-refractivity contribution >= 4 is 12.1 Å².